The van der Waals surface area contributed by atoms with Gasteiger partial charge in [-0.25, -0.2) is 4.39 Å². The molecule has 90 valence electrons. The zero-order valence-electron chi connectivity index (χ0n) is 9.73. The molecule has 1 aromatic heterocycles. The molecular weight excluding hydrogens is 219 g/mol. The number of aryl methyl sites for hydroxylation is 1. The molecule has 0 fully saturated rings. The third-order valence-corrected chi connectivity index (χ3v) is 2.65. The van der Waals surface area contributed by atoms with Gasteiger partial charge in [0, 0.05) is 18.3 Å². The average Bonchev–Trinajstić information content (AvgIpc) is 2.79. The predicted molar refractivity (Wildman–Crippen MR) is 64.2 cm³/mol. The molecular formula is C13H15FN2O. The number of aromatic nitrogens is 2. The quantitative estimate of drug-likeness (QED) is 0.882. The van der Waals surface area contributed by atoms with E-state index >= 15 is 0 Å². The van der Waals surface area contributed by atoms with E-state index in [4.69, 9.17) is 0 Å². The summed E-state index contributed by atoms with van der Waals surface area (Å²) in [7, 11) is 0. The summed E-state index contributed by atoms with van der Waals surface area (Å²) in [5.74, 6) is -0.934. The van der Waals surface area contributed by atoms with Crippen molar-refractivity contribution in [2.24, 2.45) is 0 Å². The second-order valence-electron chi connectivity index (χ2n) is 4.01. The fourth-order valence-corrected chi connectivity index (χ4v) is 1.65. The Kier molecular flexibility index (Phi) is 3.42. The monoisotopic (exact) mass is 234 g/mol. The van der Waals surface area contributed by atoms with E-state index in [1.54, 1.807) is 12.3 Å². The second-order valence-corrected chi connectivity index (χ2v) is 4.01. The highest BCUT2D eigenvalue weighted by Gasteiger charge is 2.05. The van der Waals surface area contributed by atoms with Crippen molar-refractivity contribution >= 4 is 0 Å². The summed E-state index contributed by atoms with van der Waals surface area (Å²) in [5.41, 5.74) is 1.66. The van der Waals surface area contributed by atoms with Crippen LogP contribution in [-0.4, -0.2) is 14.9 Å². The van der Waals surface area contributed by atoms with Crippen molar-refractivity contribution in [3.05, 3.63) is 36.4 Å². The maximum atomic E-state index is 12.9. The highest BCUT2D eigenvalue weighted by Crippen LogP contribution is 2.25. The number of hydrogen-bond acceptors (Lipinski definition) is 2. The Morgan fingerprint density at radius 1 is 1.35 bits per heavy atom. The summed E-state index contributed by atoms with van der Waals surface area (Å²) in [4.78, 5) is 0. The van der Waals surface area contributed by atoms with Crippen LogP contribution in [0.25, 0.3) is 11.1 Å². The predicted octanol–water partition coefficient (Wildman–Crippen LogP) is 3.19. The van der Waals surface area contributed by atoms with Crippen LogP contribution in [0.3, 0.4) is 0 Å². The van der Waals surface area contributed by atoms with Crippen LogP contribution in [0, 0.1) is 5.82 Å². The minimum atomic E-state index is -0.605. The van der Waals surface area contributed by atoms with Crippen molar-refractivity contribution in [1.82, 2.24) is 9.78 Å². The van der Waals surface area contributed by atoms with Crippen molar-refractivity contribution < 1.29 is 9.50 Å². The number of hydrogen-bond donors (Lipinski definition) is 1. The molecule has 1 N–H and O–H groups in total. The van der Waals surface area contributed by atoms with Gasteiger partial charge in [0.05, 0.1) is 6.20 Å². The van der Waals surface area contributed by atoms with E-state index in [0.29, 0.717) is 0 Å². The van der Waals surface area contributed by atoms with Crippen LogP contribution in [0.15, 0.2) is 30.6 Å². The van der Waals surface area contributed by atoms with Gasteiger partial charge in [-0.2, -0.15) is 5.10 Å². The Bertz CT molecular complexity index is 508. The van der Waals surface area contributed by atoms with E-state index in [1.807, 2.05) is 10.9 Å². The number of rotatable bonds is 4. The first-order valence-corrected chi connectivity index (χ1v) is 5.72. The molecule has 1 heterocycles. The molecule has 0 saturated heterocycles. The van der Waals surface area contributed by atoms with Gasteiger partial charge in [-0.15, -0.1) is 0 Å². The highest BCUT2D eigenvalue weighted by atomic mass is 19.1. The zero-order chi connectivity index (χ0) is 12.3. The van der Waals surface area contributed by atoms with Crippen molar-refractivity contribution in [1.29, 1.82) is 0 Å². The van der Waals surface area contributed by atoms with Gasteiger partial charge in [-0.3, -0.25) is 4.68 Å². The Labute approximate surface area is 99.5 Å². The molecule has 0 aliphatic heterocycles. The minimum absolute atomic E-state index is 0.330. The maximum absolute atomic E-state index is 12.9. The lowest BCUT2D eigenvalue weighted by Gasteiger charge is -2.00. The first-order chi connectivity index (χ1) is 8.20. The number of benzene rings is 1. The Balaban J connectivity index is 2.21. The van der Waals surface area contributed by atoms with E-state index in [-0.39, 0.29) is 5.75 Å². The number of aromatic hydroxyl groups is 1. The number of phenolic OH excluding ortho intramolecular Hbond substituents is 1. The van der Waals surface area contributed by atoms with E-state index in [2.05, 4.69) is 12.0 Å². The third-order valence-electron chi connectivity index (χ3n) is 2.65. The number of unbranched alkanes of at least 4 members (excludes halogenated alkanes) is 1. The van der Waals surface area contributed by atoms with E-state index in [9.17, 15) is 9.50 Å². The second kappa shape index (κ2) is 4.99. The molecule has 1 aromatic carbocycles. The molecule has 0 radical (unpaired) electrons. The molecule has 0 saturated carbocycles. The Morgan fingerprint density at radius 2 is 2.18 bits per heavy atom. The molecule has 17 heavy (non-hydrogen) atoms. The topological polar surface area (TPSA) is 38.0 Å². The first kappa shape index (κ1) is 11.6. The maximum Gasteiger partial charge on any atom is 0.164 e. The third kappa shape index (κ3) is 2.64. The van der Waals surface area contributed by atoms with Crippen molar-refractivity contribution in [3.8, 4) is 16.9 Å². The summed E-state index contributed by atoms with van der Waals surface area (Å²) in [6.45, 7) is 3.01. The van der Waals surface area contributed by atoms with Crippen molar-refractivity contribution in [2.45, 2.75) is 26.3 Å². The van der Waals surface area contributed by atoms with Crippen LogP contribution in [0.1, 0.15) is 19.8 Å². The lowest BCUT2D eigenvalue weighted by Crippen LogP contribution is -1.96. The molecule has 0 spiro atoms. The Morgan fingerprint density at radius 3 is 2.88 bits per heavy atom. The molecule has 2 aromatic rings. The first-order valence-electron chi connectivity index (χ1n) is 5.72. The van der Waals surface area contributed by atoms with Crippen LogP contribution in [-0.2, 0) is 6.54 Å². The van der Waals surface area contributed by atoms with Crippen molar-refractivity contribution in [3.63, 3.8) is 0 Å². The molecule has 0 unspecified atom stereocenters. The van der Waals surface area contributed by atoms with Gasteiger partial charge in [-0.05, 0) is 24.1 Å². The fraction of sp³-hybridized carbons (Fsp3) is 0.308. The fourth-order valence-electron chi connectivity index (χ4n) is 1.65. The molecule has 0 bridgehead atoms. The zero-order valence-corrected chi connectivity index (χ0v) is 9.73. The molecule has 3 nitrogen and oxygen atoms in total. The number of phenols is 1. The van der Waals surface area contributed by atoms with Gasteiger partial charge in [0.15, 0.2) is 11.6 Å². The van der Waals surface area contributed by atoms with E-state index < -0.39 is 5.82 Å². The summed E-state index contributed by atoms with van der Waals surface area (Å²) in [5, 5.41) is 13.5. The summed E-state index contributed by atoms with van der Waals surface area (Å²) in [6.07, 6.45) is 5.83. The molecule has 0 aliphatic carbocycles. The van der Waals surface area contributed by atoms with Crippen LogP contribution in [0.4, 0.5) is 4.39 Å². The summed E-state index contributed by atoms with van der Waals surface area (Å²) >= 11 is 0. The lowest BCUT2D eigenvalue weighted by molar-refractivity contribution is 0.433. The highest BCUT2D eigenvalue weighted by molar-refractivity contribution is 5.63. The van der Waals surface area contributed by atoms with Crippen molar-refractivity contribution in [2.75, 3.05) is 0 Å². The van der Waals surface area contributed by atoms with E-state index in [0.717, 1.165) is 30.5 Å². The number of halogens is 1. The molecule has 0 atom stereocenters. The molecule has 2 rings (SSSR count). The number of nitrogens with zero attached hydrogens (tertiary/aromatic N) is 2. The normalized spacial score (nSPS) is 10.7. The smallest absolute Gasteiger partial charge is 0.164 e. The van der Waals surface area contributed by atoms with Crippen LogP contribution in [0.2, 0.25) is 0 Å². The van der Waals surface area contributed by atoms with E-state index in [1.165, 1.54) is 12.1 Å². The van der Waals surface area contributed by atoms with Gasteiger partial charge in [0.25, 0.3) is 0 Å². The Hall–Kier alpha value is -1.84. The minimum Gasteiger partial charge on any atom is -0.505 e. The molecule has 0 aliphatic rings. The van der Waals surface area contributed by atoms with Gasteiger partial charge < -0.3 is 5.11 Å². The molecule has 0 amide bonds. The van der Waals surface area contributed by atoms with Gasteiger partial charge in [0.2, 0.25) is 0 Å². The van der Waals surface area contributed by atoms with Crippen LogP contribution >= 0.6 is 0 Å². The van der Waals surface area contributed by atoms with Gasteiger partial charge >= 0.3 is 0 Å². The standard InChI is InChI=1S/C13H15FN2O/c1-2-3-6-16-9-11(8-15-16)10-4-5-12(14)13(17)7-10/h4-5,7-9,17H,2-3,6H2,1H3. The lowest BCUT2D eigenvalue weighted by atomic mass is 10.1. The van der Waals surface area contributed by atoms with Crippen LogP contribution in [0.5, 0.6) is 5.75 Å². The SMILES string of the molecule is CCCCn1cc(-c2ccc(F)c(O)c2)cn1. The summed E-state index contributed by atoms with van der Waals surface area (Å²) in [6, 6.07) is 4.31. The summed E-state index contributed by atoms with van der Waals surface area (Å²) < 4.78 is 14.8. The largest absolute Gasteiger partial charge is 0.505 e. The van der Waals surface area contributed by atoms with Gasteiger partial charge in [-0.1, -0.05) is 19.4 Å². The van der Waals surface area contributed by atoms with Crippen LogP contribution < -0.4 is 0 Å². The average molecular weight is 234 g/mol. The van der Waals surface area contributed by atoms with Gasteiger partial charge in [0.1, 0.15) is 0 Å². The molecule has 4 heteroatoms.